The summed E-state index contributed by atoms with van der Waals surface area (Å²) in [6.07, 6.45) is 0.662. The topological polar surface area (TPSA) is 108 Å². The van der Waals surface area contributed by atoms with E-state index >= 15 is 0 Å². The molecule has 0 saturated heterocycles. The van der Waals surface area contributed by atoms with Crippen LogP contribution in [0.5, 0.6) is 11.5 Å². The maximum atomic E-state index is 11.0. The average Bonchev–Trinajstić information content (AvgIpc) is 3.10. The van der Waals surface area contributed by atoms with Gasteiger partial charge in [0.05, 0.1) is 23.7 Å². The van der Waals surface area contributed by atoms with Gasteiger partial charge in [0.1, 0.15) is 11.9 Å². The molecule has 0 spiro atoms. The molecular weight excluding hydrogens is 346 g/mol. The Morgan fingerprint density at radius 3 is 2.74 bits per heavy atom. The smallest absolute Gasteiger partial charge is 0.344 e. The number of carboxylic acids is 1. The minimum atomic E-state index is -1.07. The van der Waals surface area contributed by atoms with E-state index in [1.165, 1.54) is 14.0 Å². The number of nitrogens with one attached hydrogen (secondary N) is 1. The van der Waals surface area contributed by atoms with Gasteiger partial charge in [0, 0.05) is 0 Å². The van der Waals surface area contributed by atoms with E-state index in [4.69, 9.17) is 14.6 Å². The van der Waals surface area contributed by atoms with Crippen LogP contribution in [0.25, 0.3) is 22.7 Å². The van der Waals surface area contributed by atoms with E-state index in [2.05, 4.69) is 16.0 Å². The third-order valence-electron chi connectivity index (χ3n) is 3.92. The first-order valence-corrected chi connectivity index (χ1v) is 8.16. The van der Waals surface area contributed by atoms with Crippen LogP contribution in [0.2, 0.25) is 0 Å². The molecular formula is C20H17N3O4. The van der Waals surface area contributed by atoms with Crippen LogP contribution in [0.15, 0.2) is 42.5 Å². The van der Waals surface area contributed by atoms with E-state index in [1.807, 2.05) is 24.3 Å². The molecule has 0 amide bonds. The van der Waals surface area contributed by atoms with Crippen LogP contribution < -0.4 is 9.47 Å². The Hall–Kier alpha value is -3.79. The molecule has 0 unspecified atom stereocenters. The van der Waals surface area contributed by atoms with Gasteiger partial charge in [-0.15, -0.1) is 0 Å². The summed E-state index contributed by atoms with van der Waals surface area (Å²) in [6.45, 7) is 1.44. The summed E-state index contributed by atoms with van der Waals surface area (Å²) >= 11 is 0. The maximum Gasteiger partial charge on any atom is 0.344 e. The number of allylic oxidation sites excluding steroid dienone is 1. The summed E-state index contributed by atoms with van der Waals surface area (Å²) in [4.78, 5) is 18.5. The van der Waals surface area contributed by atoms with Gasteiger partial charge in [-0.1, -0.05) is 18.2 Å². The number of rotatable bonds is 6. The Bertz CT molecular complexity index is 1030. The lowest BCUT2D eigenvalue weighted by Crippen LogP contribution is -2.23. The van der Waals surface area contributed by atoms with Crippen molar-refractivity contribution in [2.75, 3.05) is 7.11 Å². The van der Waals surface area contributed by atoms with Gasteiger partial charge in [-0.25, -0.2) is 9.78 Å². The Labute approximate surface area is 155 Å². The molecule has 1 heterocycles. The molecule has 3 rings (SSSR count). The fraction of sp³-hybridized carbons (Fsp3) is 0.150. The fourth-order valence-electron chi connectivity index (χ4n) is 2.51. The molecule has 2 aromatic carbocycles. The molecule has 1 atom stereocenters. The molecule has 0 fully saturated rings. The number of fused-ring (bicyclic) bond motifs is 1. The summed E-state index contributed by atoms with van der Waals surface area (Å²) in [5.41, 5.74) is 2.68. The number of ether oxygens (including phenoxy) is 2. The lowest BCUT2D eigenvalue weighted by molar-refractivity contribution is -0.144. The van der Waals surface area contributed by atoms with Crippen molar-refractivity contribution >= 4 is 28.7 Å². The number of imidazole rings is 1. The van der Waals surface area contributed by atoms with Crippen LogP contribution in [0.4, 0.5) is 0 Å². The molecule has 0 aliphatic heterocycles. The first-order valence-electron chi connectivity index (χ1n) is 8.16. The maximum absolute atomic E-state index is 11.0. The number of para-hydroxylation sites is 2. The summed E-state index contributed by atoms with van der Waals surface area (Å²) in [7, 11) is 1.46. The SMILES string of the molecule is COc1cc(/C=C(\C#N)c2nc3ccccc3[nH]2)ccc1O[C@@H](C)C(=O)O. The van der Waals surface area contributed by atoms with Crippen LogP contribution in [-0.4, -0.2) is 34.3 Å². The molecule has 7 heteroatoms. The molecule has 27 heavy (non-hydrogen) atoms. The molecule has 0 aliphatic rings. The van der Waals surface area contributed by atoms with Crippen molar-refractivity contribution in [3.63, 3.8) is 0 Å². The molecule has 3 aromatic rings. The minimum absolute atomic E-state index is 0.312. The number of aliphatic carboxylic acids is 1. The number of nitrogens with zero attached hydrogens (tertiary/aromatic N) is 2. The number of carboxylic acid groups (broad SMARTS) is 1. The van der Waals surface area contributed by atoms with E-state index in [-0.39, 0.29) is 0 Å². The predicted octanol–water partition coefficient (Wildman–Crippen LogP) is 3.49. The van der Waals surface area contributed by atoms with Gasteiger partial charge >= 0.3 is 5.97 Å². The number of hydrogen-bond donors (Lipinski definition) is 2. The lowest BCUT2D eigenvalue weighted by atomic mass is 10.1. The van der Waals surface area contributed by atoms with Crippen molar-refractivity contribution < 1.29 is 19.4 Å². The lowest BCUT2D eigenvalue weighted by Gasteiger charge is -2.14. The molecule has 0 saturated carbocycles. The van der Waals surface area contributed by atoms with Crippen LogP contribution in [0, 0.1) is 11.3 Å². The number of aromatic nitrogens is 2. The Balaban J connectivity index is 1.94. The highest BCUT2D eigenvalue weighted by Gasteiger charge is 2.16. The Morgan fingerprint density at radius 2 is 2.07 bits per heavy atom. The molecule has 0 aliphatic carbocycles. The number of methoxy groups -OCH3 is 1. The van der Waals surface area contributed by atoms with Crippen LogP contribution in [-0.2, 0) is 4.79 Å². The minimum Gasteiger partial charge on any atom is -0.493 e. The van der Waals surface area contributed by atoms with Crippen molar-refractivity contribution in [2.24, 2.45) is 0 Å². The number of benzene rings is 2. The van der Waals surface area contributed by atoms with Gasteiger partial charge in [0.25, 0.3) is 0 Å². The second-order valence-electron chi connectivity index (χ2n) is 5.78. The second kappa shape index (κ2) is 7.62. The van der Waals surface area contributed by atoms with Crippen molar-refractivity contribution in [1.29, 1.82) is 5.26 Å². The third kappa shape index (κ3) is 3.90. The monoisotopic (exact) mass is 363 g/mol. The zero-order valence-corrected chi connectivity index (χ0v) is 14.8. The van der Waals surface area contributed by atoms with Gasteiger partial charge in [-0.3, -0.25) is 0 Å². The average molecular weight is 363 g/mol. The van der Waals surface area contributed by atoms with Gasteiger partial charge in [0.15, 0.2) is 17.6 Å². The standard InChI is InChI=1S/C20H17N3O4/c1-12(20(24)25)27-17-8-7-13(10-18(17)26-2)9-14(11-21)19-22-15-5-3-4-6-16(15)23-19/h3-10,12H,1-2H3,(H,22,23)(H,24,25)/b14-9+/t12-/m0/s1. The summed E-state index contributed by atoms with van der Waals surface area (Å²) in [5, 5.41) is 18.5. The van der Waals surface area contributed by atoms with E-state index in [0.29, 0.717) is 28.5 Å². The van der Waals surface area contributed by atoms with Crippen molar-refractivity contribution in [3.8, 4) is 17.6 Å². The number of H-pyrrole nitrogens is 1. The summed E-state index contributed by atoms with van der Waals surface area (Å²) < 4.78 is 10.7. The van der Waals surface area contributed by atoms with E-state index < -0.39 is 12.1 Å². The third-order valence-corrected chi connectivity index (χ3v) is 3.92. The first-order chi connectivity index (χ1) is 13.0. The van der Waals surface area contributed by atoms with Crippen LogP contribution in [0.1, 0.15) is 18.3 Å². The number of aromatic amines is 1. The van der Waals surface area contributed by atoms with Crippen LogP contribution >= 0.6 is 0 Å². The number of carbonyl (C=O) groups is 1. The first kappa shape index (κ1) is 18.0. The second-order valence-corrected chi connectivity index (χ2v) is 5.78. The zero-order valence-electron chi connectivity index (χ0n) is 14.8. The Kier molecular flexibility index (Phi) is 5.08. The summed E-state index contributed by atoms with van der Waals surface area (Å²) in [6, 6.07) is 14.7. The fourth-order valence-corrected chi connectivity index (χ4v) is 2.51. The molecule has 0 bridgehead atoms. The highest BCUT2D eigenvalue weighted by Crippen LogP contribution is 2.30. The van der Waals surface area contributed by atoms with Crippen molar-refractivity contribution in [2.45, 2.75) is 13.0 Å². The van der Waals surface area contributed by atoms with Gasteiger partial charge < -0.3 is 19.6 Å². The molecule has 0 radical (unpaired) electrons. The molecule has 7 nitrogen and oxygen atoms in total. The van der Waals surface area contributed by atoms with Crippen molar-refractivity contribution in [3.05, 3.63) is 53.9 Å². The quantitative estimate of drug-likeness (QED) is 0.649. The van der Waals surface area contributed by atoms with E-state index in [9.17, 15) is 10.1 Å². The summed E-state index contributed by atoms with van der Waals surface area (Å²) in [5.74, 6) is 0.0840. The normalized spacial score (nSPS) is 12.4. The van der Waals surface area contributed by atoms with Gasteiger partial charge in [0.2, 0.25) is 0 Å². The number of hydrogen-bond acceptors (Lipinski definition) is 5. The molecule has 2 N–H and O–H groups in total. The molecule has 136 valence electrons. The van der Waals surface area contributed by atoms with E-state index in [1.54, 1.807) is 24.3 Å². The van der Waals surface area contributed by atoms with Gasteiger partial charge in [-0.2, -0.15) is 5.26 Å². The Morgan fingerprint density at radius 1 is 1.30 bits per heavy atom. The largest absolute Gasteiger partial charge is 0.493 e. The van der Waals surface area contributed by atoms with Crippen molar-refractivity contribution in [1.82, 2.24) is 9.97 Å². The van der Waals surface area contributed by atoms with Crippen LogP contribution in [0.3, 0.4) is 0 Å². The molecule has 1 aromatic heterocycles. The predicted molar refractivity (Wildman–Crippen MR) is 100 cm³/mol. The zero-order chi connectivity index (χ0) is 19.4. The number of nitriles is 1. The highest BCUT2D eigenvalue weighted by atomic mass is 16.5. The van der Waals surface area contributed by atoms with Gasteiger partial charge in [-0.05, 0) is 42.8 Å². The van der Waals surface area contributed by atoms with E-state index in [0.717, 1.165) is 11.0 Å². The highest BCUT2D eigenvalue weighted by molar-refractivity contribution is 5.90.